The fraction of sp³-hybridized carbons (Fsp3) is 0.208. The average molecular weight is 502 g/mol. The molecule has 0 radical (unpaired) electrons. The van der Waals surface area contributed by atoms with Crippen molar-refractivity contribution in [1.82, 2.24) is 0 Å². The number of carboxylic acids is 1. The van der Waals surface area contributed by atoms with Crippen LogP contribution in [0.15, 0.2) is 106 Å². The summed E-state index contributed by atoms with van der Waals surface area (Å²) in [4.78, 5) is 13.9. The van der Waals surface area contributed by atoms with Gasteiger partial charge in [-0.3, -0.25) is 4.74 Å². The SMILES string of the molecule is CCC(F)(F)OC(F)(C(=O)[O-])C(F)(F)F.c1ccc([S+](c2ccccc2)c2ccccc2)cc1. The van der Waals surface area contributed by atoms with Gasteiger partial charge in [-0.05, 0) is 36.4 Å². The number of halogens is 6. The summed E-state index contributed by atoms with van der Waals surface area (Å²) < 4.78 is 75.1. The number of hydrogen-bond donors (Lipinski definition) is 0. The predicted molar refractivity (Wildman–Crippen MR) is 113 cm³/mol. The van der Waals surface area contributed by atoms with Gasteiger partial charge in [-0.25, -0.2) is 0 Å². The quantitative estimate of drug-likeness (QED) is 0.305. The maximum atomic E-state index is 12.6. The fourth-order valence-corrected chi connectivity index (χ4v) is 4.68. The van der Waals surface area contributed by atoms with Gasteiger partial charge in [0.25, 0.3) is 0 Å². The van der Waals surface area contributed by atoms with Crippen LogP contribution in [0.25, 0.3) is 0 Å². The summed E-state index contributed by atoms with van der Waals surface area (Å²) in [6, 6.07) is 32.2. The molecule has 0 fully saturated rings. The lowest BCUT2D eigenvalue weighted by atomic mass is 10.3. The molecule has 3 rings (SSSR count). The van der Waals surface area contributed by atoms with Crippen molar-refractivity contribution < 1.29 is 41.0 Å². The van der Waals surface area contributed by atoms with E-state index in [1.807, 2.05) is 0 Å². The molecule has 34 heavy (non-hydrogen) atoms. The molecule has 10 heteroatoms. The third-order valence-corrected chi connectivity index (χ3v) is 6.50. The van der Waals surface area contributed by atoms with Gasteiger partial charge in [-0.15, -0.1) is 0 Å². The van der Waals surface area contributed by atoms with Crippen molar-refractivity contribution in [2.24, 2.45) is 0 Å². The van der Waals surface area contributed by atoms with Crippen LogP contribution >= 0.6 is 0 Å². The molecule has 0 heterocycles. The highest BCUT2D eigenvalue weighted by Gasteiger charge is 2.63. The molecule has 1 unspecified atom stereocenters. The molecule has 3 aromatic rings. The molecule has 0 saturated carbocycles. The summed E-state index contributed by atoms with van der Waals surface area (Å²) in [6.45, 7) is 0.687. The molecule has 0 spiro atoms. The van der Waals surface area contributed by atoms with Crippen molar-refractivity contribution in [2.45, 2.75) is 46.2 Å². The number of rotatable bonds is 7. The number of carbonyl (C=O) groups excluding carboxylic acids is 1. The van der Waals surface area contributed by atoms with Crippen LogP contribution in [0.5, 0.6) is 0 Å². The highest BCUT2D eigenvalue weighted by Crippen LogP contribution is 2.39. The Hall–Kier alpha value is -2.98. The van der Waals surface area contributed by atoms with Gasteiger partial charge in [0.2, 0.25) is 0 Å². The van der Waals surface area contributed by atoms with Gasteiger partial charge in [0.1, 0.15) is 5.97 Å². The zero-order valence-corrected chi connectivity index (χ0v) is 18.6. The summed E-state index contributed by atoms with van der Waals surface area (Å²) in [5.41, 5.74) is 0. The summed E-state index contributed by atoms with van der Waals surface area (Å²) >= 11 is 0. The minimum Gasteiger partial charge on any atom is -0.544 e. The van der Waals surface area contributed by atoms with Gasteiger partial charge < -0.3 is 9.90 Å². The number of aliphatic carboxylic acids is 1. The second-order valence-corrected chi connectivity index (χ2v) is 8.75. The van der Waals surface area contributed by atoms with Crippen molar-refractivity contribution in [2.75, 3.05) is 0 Å². The Bertz CT molecular complexity index is 939. The molecule has 0 amide bonds. The van der Waals surface area contributed by atoms with Crippen molar-refractivity contribution >= 4 is 16.9 Å². The summed E-state index contributed by atoms with van der Waals surface area (Å²) in [5, 5.41) is 9.80. The van der Waals surface area contributed by atoms with Gasteiger partial charge in [0.15, 0.2) is 14.7 Å². The van der Waals surface area contributed by atoms with Crippen molar-refractivity contribution in [3.05, 3.63) is 91.0 Å². The number of carbonyl (C=O) groups is 1. The zero-order chi connectivity index (χ0) is 25.4. The lowest BCUT2D eigenvalue weighted by Crippen LogP contribution is -2.59. The lowest BCUT2D eigenvalue weighted by molar-refractivity contribution is -0.432. The number of alkyl halides is 6. The van der Waals surface area contributed by atoms with E-state index in [1.54, 1.807) is 0 Å². The Morgan fingerprint density at radius 3 is 1.29 bits per heavy atom. The molecule has 0 saturated heterocycles. The molecule has 0 aliphatic rings. The van der Waals surface area contributed by atoms with Crippen molar-refractivity contribution in [1.29, 1.82) is 0 Å². The minimum absolute atomic E-state index is 0.0146. The first-order valence-electron chi connectivity index (χ1n) is 9.86. The zero-order valence-electron chi connectivity index (χ0n) is 17.8. The number of carboxylic acid groups (broad SMARTS) is 1. The molecule has 0 bridgehead atoms. The largest absolute Gasteiger partial charge is 0.544 e. The van der Waals surface area contributed by atoms with Crippen LogP contribution in [0.4, 0.5) is 26.3 Å². The Balaban J connectivity index is 0.000000249. The number of benzene rings is 3. The molecule has 0 aliphatic carbocycles. The Labute approximate surface area is 195 Å². The molecular formula is C24H20F6O3S. The van der Waals surface area contributed by atoms with E-state index in [9.17, 15) is 36.2 Å². The van der Waals surface area contributed by atoms with Crippen LogP contribution in [0, 0.1) is 0 Å². The van der Waals surface area contributed by atoms with Gasteiger partial charge in [-0.2, -0.15) is 26.3 Å². The molecule has 0 N–H and O–H groups in total. The highest BCUT2D eigenvalue weighted by atomic mass is 32.2. The molecule has 0 aliphatic heterocycles. The van der Waals surface area contributed by atoms with Crippen LogP contribution in [0.3, 0.4) is 0 Å². The normalized spacial score (nSPS) is 13.5. The van der Waals surface area contributed by atoms with Crippen LogP contribution in [-0.4, -0.2) is 24.1 Å². The summed E-state index contributed by atoms with van der Waals surface area (Å²) in [6.07, 6.45) is -12.0. The van der Waals surface area contributed by atoms with Gasteiger partial charge in [0, 0.05) is 6.42 Å². The minimum atomic E-state index is -6.15. The first kappa shape index (κ1) is 27.3. The van der Waals surface area contributed by atoms with E-state index in [4.69, 9.17) is 0 Å². The van der Waals surface area contributed by atoms with Gasteiger partial charge in [0.05, 0.1) is 10.9 Å². The molecule has 0 aromatic heterocycles. The van der Waals surface area contributed by atoms with E-state index in [-0.39, 0.29) is 10.9 Å². The average Bonchev–Trinajstić information content (AvgIpc) is 2.81. The molecule has 3 aromatic carbocycles. The Morgan fingerprint density at radius 1 is 0.735 bits per heavy atom. The van der Waals surface area contributed by atoms with Crippen molar-refractivity contribution in [3.63, 3.8) is 0 Å². The van der Waals surface area contributed by atoms with Gasteiger partial charge >= 0.3 is 18.1 Å². The van der Waals surface area contributed by atoms with Crippen LogP contribution in [-0.2, 0) is 20.4 Å². The van der Waals surface area contributed by atoms with E-state index in [0.717, 1.165) is 0 Å². The second kappa shape index (κ2) is 11.4. The topological polar surface area (TPSA) is 49.4 Å². The summed E-state index contributed by atoms with van der Waals surface area (Å²) in [7, 11) is -0.0146. The first-order valence-corrected chi connectivity index (χ1v) is 11.1. The van der Waals surface area contributed by atoms with Crippen LogP contribution in [0.1, 0.15) is 13.3 Å². The third-order valence-electron chi connectivity index (χ3n) is 4.27. The van der Waals surface area contributed by atoms with E-state index < -0.39 is 30.5 Å². The monoisotopic (exact) mass is 502 g/mol. The van der Waals surface area contributed by atoms with Crippen molar-refractivity contribution in [3.8, 4) is 0 Å². The van der Waals surface area contributed by atoms with E-state index in [2.05, 4.69) is 95.7 Å². The Kier molecular flexibility index (Phi) is 9.17. The predicted octanol–water partition coefficient (Wildman–Crippen LogP) is 5.77. The standard InChI is InChI=1S/C18H15S.C6H6F6O3/c1-4-10-16(11-5-1)19(17-12-6-2-7-13-17)18-14-8-3-9-15-18;1-2-4(7,8)15-5(9,3(13)14)6(10,11)12/h1-15H;2H2,1H3,(H,13,14)/q+1;/p-1. The van der Waals surface area contributed by atoms with Crippen LogP contribution in [0.2, 0.25) is 0 Å². The first-order chi connectivity index (χ1) is 15.9. The van der Waals surface area contributed by atoms with Gasteiger partial charge in [-0.1, -0.05) is 61.5 Å². The number of ether oxygens (including phenoxy) is 1. The molecule has 3 nitrogen and oxygen atoms in total. The smallest absolute Gasteiger partial charge is 0.454 e. The lowest BCUT2D eigenvalue weighted by Gasteiger charge is -2.31. The Morgan fingerprint density at radius 2 is 1.06 bits per heavy atom. The highest BCUT2D eigenvalue weighted by molar-refractivity contribution is 7.97. The van der Waals surface area contributed by atoms with E-state index in [0.29, 0.717) is 6.92 Å². The van der Waals surface area contributed by atoms with Crippen LogP contribution < -0.4 is 5.11 Å². The second-order valence-electron chi connectivity index (χ2n) is 6.72. The molecular weight excluding hydrogens is 482 g/mol. The third kappa shape index (κ3) is 7.01. The molecule has 182 valence electrons. The van der Waals surface area contributed by atoms with E-state index >= 15 is 0 Å². The number of hydrogen-bond acceptors (Lipinski definition) is 3. The fourth-order valence-electron chi connectivity index (χ4n) is 2.57. The summed E-state index contributed by atoms with van der Waals surface area (Å²) in [5.74, 6) is -8.95. The molecule has 1 atom stereocenters. The maximum Gasteiger partial charge on any atom is 0.454 e. The van der Waals surface area contributed by atoms with E-state index in [1.165, 1.54) is 14.7 Å². The maximum absolute atomic E-state index is 12.6.